The minimum atomic E-state index is -0.251. The van der Waals surface area contributed by atoms with Gasteiger partial charge < -0.3 is 9.80 Å². The molecule has 3 aromatic heterocycles. The fraction of sp³-hybridized carbons (Fsp3) is 0.294. The average Bonchev–Trinajstić information content (AvgIpc) is 3.05. The van der Waals surface area contributed by atoms with Crippen LogP contribution in [0.4, 0.5) is 11.8 Å². The second-order valence-electron chi connectivity index (χ2n) is 6.07. The third-order valence-electron chi connectivity index (χ3n) is 4.33. The summed E-state index contributed by atoms with van der Waals surface area (Å²) in [5.41, 5.74) is 1.23. The fourth-order valence-electron chi connectivity index (χ4n) is 2.90. The van der Waals surface area contributed by atoms with Gasteiger partial charge in [0.05, 0.1) is 0 Å². The predicted octanol–water partition coefficient (Wildman–Crippen LogP) is 1.13. The maximum atomic E-state index is 12.3. The highest BCUT2D eigenvalue weighted by Gasteiger charge is 2.18. The Labute approximate surface area is 145 Å². The van der Waals surface area contributed by atoms with E-state index in [4.69, 9.17) is 0 Å². The van der Waals surface area contributed by atoms with Crippen molar-refractivity contribution in [1.82, 2.24) is 24.5 Å². The molecule has 25 heavy (non-hydrogen) atoms. The monoisotopic (exact) mass is 337 g/mol. The van der Waals surface area contributed by atoms with Gasteiger partial charge in [-0.1, -0.05) is 6.07 Å². The predicted molar refractivity (Wildman–Crippen MR) is 94.9 cm³/mol. The molecule has 0 atom stereocenters. The highest BCUT2D eigenvalue weighted by atomic mass is 16.1. The van der Waals surface area contributed by atoms with Crippen molar-refractivity contribution in [1.29, 1.82) is 0 Å². The Morgan fingerprint density at radius 3 is 2.60 bits per heavy atom. The van der Waals surface area contributed by atoms with Crippen LogP contribution in [0.15, 0.2) is 42.7 Å². The zero-order valence-corrected chi connectivity index (χ0v) is 14.0. The van der Waals surface area contributed by atoms with E-state index in [0.29, 0.717) is 17.2 Å². The maximum Gasteiger partial charge on any atom is 0.258 e. The minimum Gasteiger partial charge on any atom is -0.354 e. The molecule has 0 unspecified atom stereocenters. The van der Waals surface area contributed by atoms with Gasteiger partial charge in [-0.15, -0.1) is 5.10 Å². The minimum absolute atomic E-state index is 0.251. The molecule has 4 heterocycles. The molecule has 0 aromatic carbocycles. The summed E-state index contributed by atoms with van der Waals surface area (Å²) in [5.74, 6) is 1.03. The van der Waals surface area contributed by atoms with Crippen molar-refractivity contribution in [3.05, 3.63) is 48.3 Å². The Kier molecular flexibility index (Phi) is 4.02. The van der Waals surface area contributed by atoms with Crippen LogP contribution >= 0.6 is 0 Å². The van der Waals surface area contributed by atoms with E-state index in [0.717, 1.165) is 32.0 Å². The number of rotatable bonds is 3. The molecule has 1 N–H and O–H groups in total. The summed E-state index contributed by atoms with van der Waals surface area (Å²) in [6, 6.07) is 9.18. The summed E-state index contributed by atoms with van der Waals surface area (Å²) >= 11 is 0. The molecule has 0 bridgehead atoms. The van der Waals surface area contributed by atoms with Gasteiger partial charge in [0.15, 0.2) is 5.65 Å². The van der Waals surface area contributed by atoms with Crippen LogP contribution in [-0.2, 0) is 0 Å². The molecule has 1 aliphatic heterocycles. The molecule has 0 radical (unpaired) electrons. The van der Waals surface area contributed by atoms with Crippen LogP contribution in [0.5, 0.6) is 0 Å². The van der Waals surface area contributed by atoms with Gasteiger partial charge in [-0.2, -0.15) is 9.50 Å². The summed E-state index contributed by atoms with van der Waals surface area (Å²) in [7, 11) is 2.13. The Balaban J connectivity index is 1.60. The van der Waals surface area contributed by atoms with E-state index < -0.39 is 0 Å². The molecule has 0 spiro atoms. The van der Waals surface area contributed by atoms with Crippen LogP contribution in [0.25, 0.3) is 5.65 Å². The van der Waals surface area contributed by atoms with Crippen LogP contribution in [0.2, 0.25) is 0 Å². The molecule has 1 fully saturated rings. The number of hydrogen-bond donors (Lipinski definition) is 1. The van der Waals surface area contributed by atoms with Crippen molar-refractivity contribution in [3.63, 3.8) is 0 Å². The number of nitrogens with zero attached hydrogens (tertiary/aromatic N) is 6. The number of anilines is 2. The van der Waals surface area contributed by atoms with Gasteiger partial charge in [0.2, 0.25) is 5.95 Å². The van der Waals surface area contributed by atoms with Gasteiger partial charge in [0, 0.05) is 44.1 Å². The molecule has 4 rings (SSSR count). The van der Waals surface area contributed by atoms with Crippen molar-refractivity contribution in [2.24, 2.45) is 0 Å². The lowest BCUT2D eigenvalue weighted by Crippen LogP contribution is -2.45. The third kappa shape index (κ3) is 3.16. The highest BCUT2D eigenvalue weighted by molar-refractivity contribution is 6.03. The average molecular weight is 337 g/mol. The summed E-state index contributed by atoms with van der Waals surface area (Å²) in [6.45, 7) is 3.90. The number of amides is 1. The highest BCUT2D eigenvalue weighted by Crippen LogP contribution is 2.19. The number of fused-ring (bicyclic) bond motifs is 1. The van der Waals surface area contributed by atoms with Gasteiger partial charge in [-0.25, -0.2) is 0 Å². The van der Waals surface area contributed by atoms with Gasteiger partial charge in [0.1, 0.15) is 5.82 Å². The molecular weight excluding hydrogens is 318 g/mol. The van der Waals surface area contributed by atoms with Crippen LogP contribution in [0.3, 0.4) is 0 Å². The zero-order valence-electron chi connectivity index (χ0n) is 14.0. The normalized spacial score (nSPS) is 15.5. The van der Waals surface area contributed by atoms with Crippen molar-refractivity contribution < 1.29 is 4.79 Å². The first-order chi connectivity index (χ1) is 12.2. The van der Waals surface area contributed by atoms with Gasteiger partial charge in [-0.05, 0) is 31.3 Å². The first-order valence-corrected chi connectivity index (χ1v) is 8.21. The molecule has 1 saturated heterocycles. The van der Waals surface area contributed by atoms with Gasteiger partial charge >= 0.3 is 0 Å². The number of carbonyl (C=O) groups is 1. The molecule has 1 amide bonds. The molecule has 1 aliphatic rings. The molecule has 8 nitrogen and oxygen atoms in total. The van der Waals surface area contributed by atoms with Crippen LogP contribution in [-0.4, -0.2) is 63.6 Å². The topological polar surface area (TPSA) is 78.7 Å². The van der Waals surface area contributed by atoms with E-state index in [2.05, 4.69) is 37.2 Å². The standard InChI is InChI=1S/C17H19N7O/c1-22-9-11-23(12-10-22)15-4-2-3-14-19-17(21-24(14)15)20-16(25)13-5-7-18-8-6-13/h2-8H,9-12H2,1H3,(H,20,21,25). The van der Waals surface area contributed by atoms with E-state index in [9.17, 15) is 4.79 Å². The number of carbonyl (C=O) groups excluding carboxylic acids is 1. The molecular formula is C17H19N7O. The molecule has 0 saturated carbocycles. The summed E-state index contributed by atoms with van der Waals surface area (Å²) in [5, 5.41) is 7.22. The molecule has 8 heteroatoms. The van der Waals surface area contributed by atoms with Crippen molar-refractivity contribution >= 4 is 23.3 Å². The van der Waals surface area contributed by atoms with Crippen molar-refractivity contribution in [2.75, 3.05) is 43.4 Å². The lowest BCUT2D eigenvalue weighted by molar-refractivity contribution is 0.102. The number of nitrogens with one attached hydrogen (secondary N) is 1. The number of likely N-dealkylation sites (N-methyl/N-ethyl adjacent to an activating group) is 1. The van der Waals surface area contributed by atoms with E-state index in [1.165, 1.54) is 0 Å². The van der Waals surface area contributed by atoms with Crippen LogP contribution in [0.1, 0.15) is 10.4 Å². The first kappa shape index (κ1) is 15.5. The maximum absolute atomic E-state index is 12.3. The number of pyridine rings is 2. The van der Waals surface area contributed by atoms with Gasteiger partial charge in [-0.3, -0.25) is 15.1 Å². The second-order valence-corrected chi connectivity index (χ2v) is 6.07. The SMILES string of the molecule is CN1CCN(c2cccc3nc(NC(=O)c4ccncc4)nn23)CC1. The summed E-state index contributed by atoms with van der Waals surface area (Å²) in [6.07, 6.45) is 3.16. The Hall–Kier alpha value is -3.00. The number of aromatic nitrogens is 4. The van der Waals surface area contributed by atoms with Gasteiger partial charge in [0.25, 0.3) is 5.91 Å². The van der Waals surface area contributed by atoms with Crippen molar-refractivity contribution in [3.8, 4) is 0 Å². The summed E-state index contributed by atoms with van der Waals surface area (Å²) in [4.78, 5) is 25.2. The van der Waals surface area contributed by atoms with E-state index in [1.807, 2.05) is 18.2 Å². The fourth-order valence-corrected chi connectivity index (χ4v) is 2.90. The molecule has 0 aliphatic carbocycles. The summed E-state index contributed by atoms with van der Waals surface area (Å²) < 4.78 is 1.79. The smallest absolute Gasteiger partial charge is 0.258 e. The van der Waals surface area contributed by atoms with E-state index in [-0.39, 0.29) is 5.91 Å². The number of hydrogen-bond acceptors (Lipinski definition) is 6. The Bertz CT molecular complexity index is 884. The first-order valence-electron chi connectivity index (χ1n) is 8.21. The Morgan fingerprint density at radius 1 is 1.08 bits per heavy atom. The largest absolute Gasteiger partial charge is 0.354 e. The third-order valence-corrected chi connectivity index (χ3v) is 4.33. The number of piperazine rings is 1. The molecule has 3 aromatic rings. The van der Waals surface area contributed by atoms with Crippen molar-refractivity contribution in [2.45, 2.75) is 0 Å². The van der Waals surface area contributed by atoms with E-state index in [1.54, 1.807) is 29.0 Å². The zero-order chi connectivity index (χ0) is 17.2. The quantitative estimate of drug-likeness (QED) is 0.772. The second kappa shape index (κ2) is 6.48. The van der Waals surface area contributed by atoms with Crippen LogP contribution in [0, 0.1) is 0 Å². The molecule has 128 valence electrons. The lowest BCUT2D eigenvalue weighted by Gasteiger charge is -2.33. The lowest BCUT2D eigenvalue weighted by atomic mass is 10.2. The van der Waals surface area contributed by atoms with Crippen LogP contribution < -0.4 is 10.2 Å². The Morgan fingerprint density at radius 2 is 1.84 bits per heavy atom. The van der Waals surface area contributed by atoms with E-state index >= 15 is 0 Å².